The SMILES string of the molecule is CC[NH+]1CCN(c2ccc(NS(=O)(=O)c3cccc(F)c3)cc2)CC1. The summed E-state index contributed by atoms with van der Waals surface area (Å²) < 4.78 is 40.4. The van der Waals surface area contributed by atoms with Crippen LogP contribution >= 0.6 is 0 Å². The first-order valence-electron chi connectivity index (χ1n) is 8.45. The van der Waals surface area contributed by atoms with Gasteiger partial charge in [0, 0.05) is 11.4 Å². The zero-order valence-corrected chi connectivity index (χ0v) is 15.0. The van der Waals surface area contributed by atoms with Crippen LogP contribution < -0.4 is 14.5 Å². The molecule has 0 radical (unpaired) electrons. The Balaban J connectivity index is 1.68. The number of nitrogens with zero attached hydrogens (tertiary/aromatic N) is 1. The first-order chi connectivity index (χ1) is 12.0. The summed E-state index contributed by atoms with van der Waals surface area (Å²) in [7, 11) is -3.79. The number of anilines is 2. The maximum atomic E-state index is 13.2. The van der Waals surface area contributed by atoms with Crippen LogP contribution in [0.4, 0.5) is 15.8 Å². The van der Waals surface area contributed by atoms with Gasteiger partial charge in [0.1, 0.15) is 5.82 Å². The molecule has 1 fully saturated rings. The van der Waals surface area contributed by atoms with Crippen molar-refractivity contribution in [3.05, 3.63) is 54.3 Å². The first kappa shape index (κ1) is 17.7. The van der Waals surface area contributed by atoms with Gasteiger partial charge in [0.2, 0.25) is 0 Å². The van der Waals surface area contributed by atoms with Crippen molar-refractivity contribution >= 4 is 21.4 Å². The topological polar surface area (TPSA) is 53.9 Å². The molecule has 0 atom stereocenters. The first-order valence-corrected chi connectivity index (χ1v) is 9.93. The molecule has 3 rings (SSSR count). The molecule has 1 heterocycles. The maximum Gasteiger partial charge on any atom is 0.261 e. The largest absolute Gasteiger partial charge is 0.360 e. The summed E-state index contributed by atoms with van der Waals surface area (Å²) in [4.78, 5) is 3.83. The van der Waals surface area contributed by atoms with Crippen LogP contribution in [0.1, 0.15) is 6.92 Å². The van der Waals surface area contributed by atoms with Crippen molar-refractivity contribution in [2.75, 3.05) is 42.3 Å². The van der Waals surface area contributed by atoms with E-state index in [2.05, 4.69) is 16.5 Å². The second kappa shape index (κ2) is 7.41. The third kappa shape index (κ3) is 4.29. The molecule has 0 unspecified atom stereocenters. The average molecular weight is 364 g/mol. The van der Waals surface area contributed by atoms with Gasteiger partial charge in [0.25, 0.3) is 10.0 Å². The van der Waals surface area contributed by atoms with E-state index < -0.39 is 15.8 Å². The lowest BCUT2D eigenvalue weighted by Crippen LogP contribution is -3.14. The van der Waals surface area contributed by atoms with Crippen LogP contribution in [0.3, 0.4) is 0 Å². The molecule has 134 valence electrons. The molecule has 0 spiro atoms. The van der Waals surface area contributed by atoms with E-state index in [1.54, 1.807) is 17.0 Å². The molecule has 0 bridgehead atoms. The lowest BCUT2D eigenvalue weighted by molar-refractivity contribution is -0.898. The Morgan fingerprint density at radius 1 is 1.12 bits per heavy atom. The van der Waals surface area contributed by atoms with E-state index in [1.807, 2.05) is 12.1 Å². The van der Waals surface area contributed by atoms with E-state index in [0.29, 0.717) is 5.69 Å². The zero-order valence-electron chi connectivity index (χ0n) is 14.2. The van der Waals surface area contributed by atoms with Crippen molar-refractivity contribution in [1.29, 1.82) is 0 Å². The molecule has 25 heavy (non-hydrogen) atoms. The fraction of sp³-hybridized carbons (Fsp3) is 0.333. The lowest BCUT2D eigenvalue weighted by Gasteiger charge is -2.33. The molecule has 1 saturated heterocycles. The van der Waals surface area contributed by atoms with Gasteiger partial charge < -0.3 is 9.80 Å². The highest BCUT2D eigenvalue weighted by Gasteiger charge is 2.19. The minimum atomic E-state index is -3.79. The van der Waals surface area contributed by atoms with Gasteiger partial charge in [-0.05, 0) is 49.4 Å². The second-order valence-electron chi connectivity index (χ2n) is 6.20. The summed E-state index contributed by atoms with van der Waals surface area (Å²) in [6.07, 6.45) is 0. The van der Waals surface area contributed by atoms with Crippen LogP contribution in [0.2, 0.25) is 0 Å². The molecule has 1 aliphatic rings. The molecule has 2 aromatic rings. The Morgan fingerprint density at radius 2 is 1.80 bits per heavy atom. The highest BCUT2D eigenvalue weighted by Crippen LogP contribution is 2.21. The molecule has 0 amide bonds. The number of halogens is 1. The Hall–Kier alpha value is -2.12. The molecule has 0 aliphatic carbocycles. The molecule has 5 nitrogen and oxygen atoms in total. The van der Waals surface area contributed by atoms with Gasteiger partial charge >= 0.3 is 0 Å². The van der Waals surface area contributed by atoms with Gasteiger partial charge in [0.15, 0.2) is 0 Å². The molecule has 7 heteroatoms. The summed E-state index contributed by atoms with van der Waals surface area (Å²) in [6, 6.07) is 12.3. The van der Waals surface area contributed by atoms with Gasteiger partial charge in [-0.3, -0.25) is 4.72 Å². The number of piperazine rings is 1. The van der Waals surface area contributed by atoms with Gasteiger partial charge in [-0.1, -0.05) is 6.07 Å². The molecule has 1 aliphatic heterocycles. The van der Waals surface area contributed by atoms with Crippen molar-refractivity contribution in [2.45, 2.75) is 11.8 Å². The smallest absolute Gasteiger partial charge is 0.261 e. The molecule has 2 aromatic carbocycles. The number of benzene rings is 2. The fourth-order valence-corrected chi connectivity index (χ4v) is 4.11. The molecule has 0 saturated carbocycles. The minimum absolute atomic E-state index is 0.0877. The van der Waals surface area contributed by atoms with E-state index in [4.69, 9.17) is 0 Å². The van der Waals surface area contributed by atoms with E-state index in [0.717, 1.165) is 44.5 Å². The van der Waals surface area contributed by atoms with Crippen molar-refractivity contribution in [1.82, 2.24) is 0 Å². The molecular formula is C18H23FN3O2S+. The van der Waals surface area contributed by atoms with E-state index in [-0.39, 0.29) is 4.90 Å². The number of sulfonamides is 1. The van der Waals surface area contributed by atoms with Crippen LogP contribution in [0.15, 0.2) is 53.4 Å². The van der Waals surface area contributed by atoms with E-state index in [9.17, 15) is 12.8 Å². The number of nitrogens with one attached hydrogen (secondary N) is 2. The van der Waals surface area contributed by atoms with Crippen molar-refractivity contribution < 1.29 is 17.7 Å². The molecule has 2 N–H and O–H groups in total. The fourth-order valence-electron chi connectivity index (χ4n) is 3.02. The zero-order chi connectivity index (χ0) is 17.9. The van der Waals surface area contributed by atoms with Crippen LogP contribution in [0.25, 0.3) is 0 Å². The van der Waals surface area contributed by atoms with Crippen LogP contribution in [0.5, 0.6) is 0 Å². The number of quaternary nitrogens is 1. The van der Waals surface area contributed by atoms with Crippen LogP contribution in [-0.4, -0.2) is 41.1 Å². The van der Waals surface area contributed by atoms with Gasteiger partial charge in [-0.25, -0.2) is 12.8 Å². The normalized spacial score (nSPS) is 16.0. The summed E-state index contributed by atoms with van der Waals surface area (Å²) in [5.74, 6) is -0.577. The number of hydrogen-bond donors (Lipinski definition) is 2. The van der Waals surface area contributed by atoms with Crippen molar-refractivity contribution in [3.63, 3.8) is 0 Å². The Morgan fingerprint density at radius 3 is 2.40 bits per heavy atom. The van der Waals surface area contributed by atoms with Gasteiger partial charge in [-0.2, -0.15) is 0 Å². The highest BCUT2D eigenvalue weighted by molar-refractivity contribution is 7.92. The summed E-state index contributed by atoms with van der Waals surface area (Å²) in [5, 5.41) is 0. The molecule has 0 aromatic heterocycles. The standard InChI is InChI=1S/C18H22FN3O2S/c1-2-21-10-12-22(13-11-21)17-8-6-16(7-9-17)20-25(23,24)18-5-3-4-15(19)14-18/h3-9,14,20H,2,10-13H2,1H3/p+1. The predicted octanol–water partition coefficient (Wildman–Crippen LogP) is 1.35. The minimum Gasteiger partial charge on any atom is -0.360 e. The van der Waals surface area contributed by atoms with Gasteiger partial charge in [0.05, 0.1) is 37.6 Å². The maximum absolute atomic E-state index is 13.2. The van der Waals surface area contributed by atoms with Gasteiger partial charge in [-0.15, -0.1) is 0 Å². The quantitative estimate of drug-likeness (QED) is 0.842. The van der Waals surface area contributed by atoms with E-state index >= 15 is 0 Å². The lowest BCUT2D eigenvalue weighted by atomic mass is 10.2. The highest BCUT2D eigenvalue weighted by atomic mass is 32.2. The third-order valence-corrected chi connectivity index (χ3v) is 5.94. The number of rotatable bonds is 5. The molecular weight excluding hydrogens is 341 g/mol. The third-order valence-electron chi connectivity index (χ3n) is 4.56. The number of likely N-dealkylation sites (N-methyl/N-ethyl adjacent to an activating group) is 1. The summed E-state index contributed by atoms with van der Waals surface area (Å²) in [5.41, 5.74) is 1.55. The average Bonchev–Trinajstić information content (AvgIpc) is 2.62. The summed E-state index contributed by atoms with van der Waals surface area (Å²) in [6.45, 7) is 7.57. The van der Waals surface area contributed by atoms with Crippen molar-refractivity contribution in [2.24, 2.45) is 0 Å². The Kier molecular flexibility index (Phi) is 5.24. The van der Waals surface area contributed by atoms with Crippen molar-refractivity contribution in [3.8, 4) is 0 Å². The Labute approximate surface area is 148 Å². The summed E-state index contributed by atoms with van der Waals surface area (Å²) >= 11 is 0. The monoisotopic (exact) mass is 364 g/mol. The Bertz CT molecular complexity index is 816. The second-order valence-corrected chi connectivity index (χ2v) is 7.88. The van der Waals surface area contributed by atoms with Crippen LogP contribution in [0, 0.1) is 5.82 Å². The van der Waals surface area contributed by atoms with Crippen LogP contribution in [-0.2, 0) is 10.0 Å². The van der Waals surface area contributed by atoms with E-state index in [1.165, 1.54) is 18.2 Å². The predicted molar refractivity (Wildman–Crippen MR) is 97.1 cm³/mol. The number of hydrogen-bond acceptors (Lipinski definition) is 3.